The number of aliphatic imine (C=N–C) groups is 1. The van der Waals surface area contributed by atoms with Crippen LogP contribution in [-0.4, -0.2) is 34.7 Å². The Morgan fingerprint density at radius 3 is 2.35 bits per heavy atom. The van der Waals surface area contributed by atoms with E-state index in [0.29, 0.717) is 25.2 Å². The number of benzene rings is 1. The minimum absolute atomic E-state index is 0. The van der Waals surface area contributed by atoms with Crippen LogP contribution in [0.4, 0.5) is 0 Å². The molecule has 0 radical (unpaired) electrons. The van der Waals surface area contributed by atoms with Gasteiger partial charge in [0.2, 0.25) is 0 Å². The molecule has 0 fully saturated rings. The van der Waals surface area contributed by atoms with Crippen molar-refractivity contribution >= 4 is 35.8 Å². The molecule has 1 heterocycles. The van der Waals surface area contributed by atoms with Gasteiger partial charge in [0.05, 0.1) is 18.8 Å². The summed E-state index contributed by atoms with van der Waals surface area (Å²) in [6, 6.07) is 9.48. The standard InChI is InChI=1S/C18H26N6O.HI/c1-4-19-17(25)15-8-6-14(7-9-15)12-21-18(20-5-2)22-13-16-10-11-23-24(16)3;/h6-11H,4-5,12-13H2,1-3H3,(H,19,25)(H2,20,21,22);1H. The molecule has 0 aliphatic carbocycles. The molecule has 7 nitrogen and oxygen atoms in total. The summed E-state index contributed by atoms with van der Waals surface area (Å²) in [7, 11) is 1.91. The molecule has 8 heteroatoms. The summed E-state index contributed by atoms with van der Waals surface area (Å²) in [6.45, 7) is 6.53. The number of guanidine groups is 1. The average Bonchev–Trinajstić information content (AvgIpc) is 3.03. The first-order valence-corrected chi connectivity index (χ1v) is 8.50. The lowest BCUT2D eigenvalue weighted by Gasteiger charge is -2.11. The second kappa shape index (κ2) is 11.5. The highest BCUT2D eigenvalue weighted by atomic mass is 127. The van der Waals surface area contributed by atoms with Crippen LogP contribution in [0.3, 0.4) is 0 Å². The molecule has 1 aromatic carbocycles. The molecule has 0 aliphatic heterocycles. The lowest BCUT2D eigenvalue weighted by Crippen LogP contribution is -2.37. The van der Waals surface area contributed by atoms with E-state index in [0.717, 1.165) is 23.8 Å². The summed E-state index contributed by atoms with van der Waals surface area (Å²) in [4.78, 5) is 16.4. The van der Waals surface area contributed by atoms with Gasteiger partial charge in [-0.15, -0.1) is 24.0 Å². The average molecular weight is 470 g/mol. The van der Waals surface area contributed by atoms with E-state index in [2.05, 4.69) is 26.0 Å². The number of hydrogen-bond donors (Lipinski definition) is 3. The maximum Gasteiger partial charge on any atom is 0.251 e. The van der Waals surface area contributed by atoms with E-state index in [1.807, 2.05) is 55.9 Å². The number of halogens is 1. The third kappa shape index (κ3) is 6.66. The summed E-state index contributed by atoms with van der Waals surface area (Å²) in [6.07, 6.45) is 1.78. The van der Waals surface area contributed by atoms with Gasteiger partial charge in [0.15, 0.2) is 5.96 Å². The van der Waals surface area contributed by atoms with E-state index in [4.69, 9.17) is 0 Å². The second-order valence-electron chi connectivity index (χ2n) is 5.55. The molecule has 1 amide bonds. The normalized spacial score (nSPS) is 10.8. The van der Waals surface area contributed by atoms with Gasteiger partial charge in [-0.3, -0.25) is 9.48 Å². The molecular weight excluding hydrogens is 443 g/mol. The van der Waals surface area contributed by atoms with Gasteiger partial charge in [0, 0.05) is 31.9 Å². The van der Waals surface area contributed by atoms with E-state index in [1.54, 1.807) is 6.20 Å². The van der Waals surface area contributed by atoms with Crippen molar-refractivity contribution in [1.29, 1.82) is 0 Å². The van der Waals surface area contributed by atoms with Crippen molar-refractivity contribution in [2.24, 2.45) is 12.0 Å². The molecule has 0 saturated heterocycles. The lowest BCUT2D eigenvalue weighted by molar-refractivity contribution is 0.0956. The Labute approximate surface area is 171 Å². The minimum atomic E-state index is -0.0521. The van der Waals surface area contributed by atoms with E-state index < -0.39 is 0 Å². The minimum Gasteiger partial charge on any atom is -0.357 e. The topological polar surface area (TPSA) is 83.3 Å². The summed E-state index contributed by atoms with van der Waals surface area (Å²) in [5.41, 5.74) is 2.79. The fourth-order valence-corrected chi connectivity index (χ4v) is 2.29. The van der Waals surface area contributed by atoms with Crippen LogP contribution < -0.4 is 16.0 Å². The first-order valence-electron chi connectivity index (χ1n) is 8.50. The molecule has 142 valence electrons. The van der Waals surface area contributed by atoms with Gasteiger partial charge in [-0.1, -0.05) is 12.1 Å². The van der Waals surface area contributed by atoms with Crippen LogP contribution in [0.2, 0.25) is 0 Å². The summed E-state index contributed by atoms with van der Waals surface area (Å²) in [5, 5.41) is 13.5. The lowest BCUT2D eigenvalue weighted by atomic mass is 10.1. The van der Waals surface area contributed by atoms with Crippen molar-refractivity contribution in [3.63, 3.8) is 0 Å². The second-order valence-corrected chi connectivity index (χ2v) is 5.55. The van der Waals surface area contributed by atoms with Crippen molar-refractivity contribution in [3.05, 3.63) is 53.3 Å². The number of aromatic nitrogens is 2. The highest BCUT2D eigenvalue weighted by Crippen LogP contribution is 2.06. The molecule has 0 atom stereocenters. The van der Waals surface area contributed by atoms with E-state index in [-0.39, 0.29) is 29.9 Å². The molecule has 2 aromatic rings. The van der Waals surface area contributed by atoms with E-state index in [9.17, 15) is 4.79 Å². The van der Waals surface area contributed by atoms with Crippen LogP contribution in [0, 0.1) is 0 Å². The fraction of sp³-hybridized carbons (Fsp3) is 0.389. The molecule has 0 saturated carbocycles. The molecule has 0 spiro atoms. The quantitative estimate of drug-likeness (QED) is 0.329. The molecular formula is C18H27IN6O. The zero-order valence-electron chi connectivity index (χ0n) is 15.5. The highest BCUT2D eigenvalue weighted by molar-refractivity contribution is 14.0. The van der Waals surface area contributed by atoms with Crippen LogP contribution in [0.1, 0.15) is 35.5 Å². The molecule has 0 aliphatic rings. The van der Waals surface area contributed by atoms with E-state index in [1.165, 1.54) is 0 Å². The number of rotatable bonds is 7. The molecule has 0 bridgehead atoms. The van der Waals surface area contributed by atoms with Gasteiger partial charge in [0.25, 0.3) is 5.91 Å². The zero-order valence-corrected chi connectivity index (χ0v) is 17.8. The summed E-state index contributed by atoms with van der Waals surface area (Å²) in [5.74, 6) is 0.695. The smallest absolute Gasteiger partial charge is 0.251 e. The van der Waals surface area contributed by atoms with Crippen molar-refractivity contribution in [2.75, 3.05) is 13.1 Å². The zero-order chi connectivity index (χ0) is 18.1. The van der Waals surface area contributed by atoms with E-state index >= 15 is 0 Å². The van der Waals surface area contributed by atoms with Gasteiger partial charge >= 0.3 is 0 Å². The fourth-order valence-electron chi connectivity index (χ4n) is 2.29. The predicted molar refractivity (Wildman–Crippen MR) is 115 cm³/mol. The van der Waals surface area contributed by atoms with Crippen LogP contribution in [0.15, 0.2) is 41.5 Å². The highest BCUT2D eigenvalue weighted by Gasteiger charge is 2.04. The third-order valence-corrected chi connectivity index (χ3v) is 3.68. The first kappa shape index (κ1) is 21.9. The number of hydrogen-bond acceptors (Lipinski definition) is 3. The molecule has 1 aromatic heterocycles. The molecule has 2 rings (SSSR count). The molecule has 26 heavy (non-hydrogen) atoms. The van der Waals surface area contributed by atoms with Crippen LogP contribution in [0.25, 0.3) is 0 Å². The number of amides is 1. The summed E-state index contributed by atoms with van der Waals surface area (Å²) < 4.78 is 1.83. The van der Waals surface area contributed by atoms with Gasteiger partial charge in [-0.2, -0.15) is 5.10 Å². The van der Waals surface area contributed by atoms with Crippen LogP contribution >= 0.6 is 24.0 Å². The maximum absolute atomic E-state index is 11.8. The maximum atomic E-state index is 11.8. The van der Waals surface area contributed by atoms with Crippen LogP contribution in [0.5, 0.6) is 0 Å². The number of nitrogens with one attached hydrogen (secondary N) is 3. The SMILES string of the molecule is CCNC(=O)c1ccc(CN=C(NCC)NCc2ccnn2C)cc1.I. The number of aryl methyl sites for hydroxylation is 1. The number of carbonyl (C=O) groups excluding carboxylic acids is 1. The van der Waals surface area contributed by atoms with Crippen LogP contribution in [-0.2, 0) is 20.1 Å². The molecule has 3 N–H and O–H groups in total. The number of carbonyl (C=O) groups is 1. The van der Waals surface area contributed by atoms with Gasteiger partial charge in [-0.05, 0) is 37.6 Å². The van der Waals surface area contributed by atoms with Gasteiger partial charge < -0.3 is 16.0 Å². The van der Waals surface area contributed by atoms with Crippen molar-refractivity contribution in [1.82, 2.24) is 25.7 Å². The summed E-state index contributed by atoms with van der Waals surface area (Å²) >= 11 is 0. The first-order chi connectivity index (χ1) is 12.1. The number of nitrogens with zero attached hydrogens (tertiary/aromatic N) is 3. The van der Waals surface area contributed by atoms with Crippen molar-refractivity contribution in [2.45, 2.75) is 26.9 Å². The molecule has 0 unspecified atom stereocenters. The largest absolute Gasteiger partial charge is 0.357 e. The Morgan fingerprint density at radius 2 is 1.77 bits per heavy atom. The van der Waals surface area contributed by atoms with Crippen molar-refractivity contribution in [3.8, 4) is 0 Å². The Balaban J connectivity index is 0.00000338. The van der Waals surface area contributed by atoms with Gasteiger partial charge in [-0.25, -0.2) is 4.99 Å². The Kier molecular flexibility index (Phi) is 9.71. The Hall–Kier alpha value is -2.10. The Morgan fingerprint density at radius 1 is 1.08 bits per heavy atom. The third-order valence-electron chi connectivity index (χ3n) is 3.68. The monoisotopic (exact) mass is 470 g/mol. The Bertz CT molecular complexity index is 711. The van der Waals surface area contributed by atoms with Crippen molar-refractivity contribution < 1.29 is 4.79 Å². The van der Waals surface area contributed by atoms with Gasteiger partial charge in [0.1, 0.15) is 0 Å². The predicted octanol–water partition coefficient (Wildman–Crippen LogP) is 2.04.